The quantitative estimate of drug-likeness (QED) is 0.845. The summed E-state index contributed by atoms with van der Waals surface area (Å²) in [5.74, 6) is 0.795. The molecule has 0 atom stereocenters. The molecule has 0 aliphatic heterocycles. The van der Waals surface area contributed by atoms with Crippen LogP contribution in [0.15, 0.2) is 18.5 Å². The number of nitrogens with one attached hydrogen (secondary N) is 1. The van der Waals surface area contributed by atoms with E-state index < -0.39 is 0 Å². The lowest BCUT2D eigenvalue weighted by molar-refractivity contribution is 0.756. The summed E-state index contributed by atoms with van der Waals surface area (Å²) < 4.78 is 1.81. The molecular formula is C11H15N5. The first-order valence-corrected chi connectivity index (χ1v) is 5.17. The maximum atomic E-state index is 4.28. The fraction of sp³-hybridized carbons (Fsp3) is 0.364. The monoisotopic (exact) mass is 217 g/mol. The first-order chi connectivity index (χ1) is 7.65. The first-order valence-electron chi connectivity index (χ1n) is 5.17. The number of aromatic nitrogens is 4. The lowest BCUT2D eigenvalue weighted by Crippen LogP contribution is -2.02. The molecule has 2 aromatic heterocycles. The molecule has 0 spiro atoms. The van der Waals surface area contributed by atoms with Crippen LogP contribution in [0.1, 0.15) is 16.8 Å². The number of aryl methyl sites for hydroxylation is 3. The highest BCUT2D eigenvalue weighted by Gasteiger charge is 2.03. The molecule has 0 aliphatic carbocycles. The average molecular weight is 217 g/mol. The van der Waals surface area contributed by atoms with Gasteiger partial charge < -0.3 is 5.32 Å². The topological polar surface area (TPSA) is 55.6 Å². The van der Waals surface area contributed by atoms with Crippen molar-refractivity contribution in [3.05, 3.63) is 35.3 Å². The zero-order valence-corrected chi connectivity index (χ0v) is 9.73. The van der Waals surface area contributed by atoms with Crippen molar-refractivity contribution >= 4 is 5.82 Å². The van der Waals surface area contributed by atoms with Gasteiger partial charge in [0.25, 0.3) is 0 Å². The Bertz CT molecular complexity index is 489. The molecule has 0 unspecified atom stereocenters. The van der Waals surface area contributed by atoms with Gasteiger partial charge in [-0.25, -0.2) is 0 Å². The summed E-state index contributed by atoms with van der Waals surface area (Å²) in [6.45, 7) is 4.71. The Hall–Kier alpha value is -1.91. The molecule has 0 aliphatic rings. The van der Waals surface area contributed by atoms with E-state index in [1.54, 1.807) is 6.20 Å². The van der Waals surface area contributed by atoms with Crippen LogP contribution in [-0.2, 0) is 13.6 Å². The Kier molecular flexibility index (Phi) is 2.85. The second kappa shape index (κ2) is 4.30. The van der Waals surface area contributed by atoms with Gasteiger partial charge >= 0.3 is 0 Å². The third-order valence-electron chi connectivity index (χ3n) is 2.37. The highest BCUT2D eigenvalue weighted by molar-refractivity contribution is 5.36. The molecule has 0 amide bonds. The maximum Gasteiger partial charge on any atom is 0.149 e. The standard InChI is InChI=1S/C11H15N5/c1-8-4-11(14-13-5-8)12-6-10-7-16(3)15-9(10)2/h4-5,7H,6H2,1-3H3,(H,12,14). The molecule has 2 aromatic rings. The van der Waals surface area contributed by atoms with E-state index in [1.165, 1.54) is 5.56 Å². The van der Waals surface area contributed by atoms with Crippen LogP contribution in [0.2, 0.25) is 0 Å². The molecule has 5 heteroatoms. The van der Waals surface area contributed by atoms with Crippen molar-refractivity contribution in [2.24, 2.45) is 7.05 Å². The van der Waals surface area contributed by atoms with E-state index in [9.17, 15) is 0 Å². The lowest BCUT2D eigenvalue weighted by Gasteiger charge is -2.03. The van der Waals surface area contributed by atoms with Crippen LogP contribution in [0.4, 0.5) is 5.82 Å². The van der Waals surface area contributed by atoms with Crippen molar-refractivity contribution in [2.75, 3.05) is 5.32 Å². The molecule has 0 fully saturated rings. The van der Waals surface area contributed by atoms with Crippen LogP contribution in [0, 0.1) is 13.8 Å². The van der Waals surface area contributed by atoms with Gasteiger partial charge in [-0.2, -0.15) is 10.2 Å². The normalized spacial score (nSPS) is 10.4. The smallest absolute Gasteiger partial charge is 0.149 e. The molecule has 2 rings (SSSR count). The zero-order valence-electron chi connectivity index (χ0n) is 9.73. The van der Waals surface area contributed by atoms with Gasteiger partial charge in [0.2, 0.25) is 0 Å². The minimum absolute atomic E-state index is 0.720. The second-order valence-corrected chi connectivity index (χ2v) is 3.89. The second-order valence-electron chi connectivity index (χ2n) is 3.89. The maximum absolute atomic E-state index is 4.28. The van der Waals surface area contributed by atoms with Crippen molar-refractivity contribution in [3.63, 3.8) is 0 Å². The first kappa shape index (κ1) is 10.6. The molecular weight excluding hydrogens is 202 g/mol. The molecule has 0 saturated carbocycles. The van der Waals surface area contributed by atoms with Gasteiger partial charge in [-0.3, -0.25) is 4.68 Å². The molecule has 0 saturated heterocycles. The Balaban J connectivity index is 2.05. The van der Waals surface area contributed by atoms with Crippen molar-refractivity contribution in [2.45, 2.75) is 20.4 Å². The number of anilines is 1. The van der Waals surface area contributed by atoms with E-state index in [-0.39, 0.29) is 0 Å². The van der Waals surface area contributed by atoms with E-state index in [2.05, 4.69) is 20.6 Å². The summed E-state index contributed by atoms with van der Waals surface area (Å²) in [5.41, 5.74) is 3.31. The van der Waals surface area contributed by atoms with Gasteiger partial charge in [0.1, 0.15) is 5.82 Å². The predicted molar refractivity (Wildman–Crippen MR) is 62.0 cm³/mol. The van der Waals surface area contributed by atoms with Crippen LogP contribution < -0.4 is 5.32 Å². The van der Waals surface area contributed by atoms with Crippen molar-refractivity contribution < 1.29 is 0 Å². The Labute approximate surface area is 94.5 Å². The summed E-state index contributed by atoms with van der Waals surface area (Å²) in [5, 5.41) is 15.4. The van der Waals surface area contributed by atoms with Crippen molar-refractivity contribution in [1.82, 2.24) is 20.0 Å². The summed E-state index contributed by atoms with van der Waals surface area (Å²) >= 11 is 0. The molecule has 0 aromatic carbocycles. The number of hydrogen-bond donors (Lipinski definition) is 1. The summed E-state index contributed by atoms with van der Waals surface area (Å²) in [4.78, 5) is 0. The largest absolute Gasteiger partial charge is 0.364 e. The molecule has 84 valence electrons. The summed E-state index contributed by atoms with van der Waals surface area (Å²) in [6, 6.07) is 1.97. The molecule has 2 heterocycles. The lowest BCUT2D eigenvalue weighted by atomic mass is 10.2. The average Bonchev–Trinajstić information content (AvgIpc) is 2.54. The highest BCUT2D eigenvalue weighted by atomic mass is 15.3. The summed E-state index contributed by atoms with van der Waals surface area (Å²) in [6.07, 6.45) is 3.74. The number of nitrogens with zero attached hydrogens (tertiary/aromatic N) is 4. The van der Waals surface area contributed by atoms with Crippen LogP contribution >= 0.6 is 0 Å². The number of hydrogen-bond acceptors (Lipinski definition) is 4. The molecule has 5 nitrogen and oxygen atoms in total. The van der Waals surface area contributed by atoms with Gasteiger partial charge in [0.05, 0.1) is 11.9 Å². The van der Waals surface area contributed by atoms with E-state index in [4.69, 9.17) is 0 Å². The Morgan fingerprint density at radius 1 is 1.38 bits per heavy atom. The van der Waals surface area contributed by atoms with Crippen LogP contribution in [0.5, 0.6) is 0 Å². The molecule has 0 radical (unpaired) electrons. The Morgan fingerprint density at radius 2 is 2.19 bits per heavy atom. The molecule has 0 bridgehead atoms. The van der Waals surface area contributed by atoms with Crippen molar-refractivity contribution in [3.8, 4) is 0 Å². The Morgan fingerprint density at radius 3 is 2.81 bits per heavy atom. The fourth-order valence-corrected chi connectivity index (χ4v) is 1.56. The van der Waals surface area contributed by atoms with Gasteiger partial charge in [-0.15, -0.1) is 5.10 Å². The third kappa shape index (κ3) is 2.36. The third-order valence-corrected chi connectivity index (χ3v) is 2.37. The minimum atomic E-state index is 0.720. The van der Waals surface area contributed by atoms with E-state index in [0.717, 1.165) is 23.6 Å². The van der Waals surface area contributed by atoms with Crippen LogP contribution in [0.3, 0.4) is 0 Å². The van der Waals surface area contributed by atoms with Crippen LogP contribution in [-0.4, -0.2) is 20.0 Å². The number of rotatable bonds is 3. The zero-order chi connectivity index (χ0) is 11.5. The van der Waals surface area contributed by atoms with Gasteiger partial charge in [0.15, 0.2) is 0 Å². The molecule has 1 N–H and O–H groups in total. The van der Waals surface area contributed by atoms with Gasteiger partial charge in [0, 0.05) is 25.4 Å². The summed E-state index contributed by atoms with van der Waals surface area (Å²) in [7, 11) is 1.92. The van der Waals surface area contributed by atoms with Crippen molar-refractivity contribution in [1.29, 1.82) is 0 Å². The van der Waals surface area contributed by atoms with E-state index in [1.807, 2.05) is 37.8 Å². The minimum Gasteiger partial charge on any atom is -0.364 e. The predicted octanol–water partition coefficient (Wildman–Crippen LogP) is 1.44. The van der Waals surface area contributed by atoms with Crippen LogP contribution in [0.25, 0.3) is 0 Å². The van der Waals surface area contributed by atoms with Gasteiger partial charge in [-0.1, -0.05) is 0 Å². The molecule has 16 heavy (non-hydrogen) atoms. The highest BCUT2D eigenvalue weighted by Crippen LogP contribution is 2.09. The van der Waals surface area contributed by atoms with E-state index in [0.29, 0.717) is 0 Å². The SMILES string of the molecule is Cc1cnnc(NCc2cn(C)nc2C)c1. The fourth-order valence-electron chi connectivity index (χ4n) is 1.56. The van der Waals surface area contributed by atoms with E-state index >= 15 is 0 Å². The van der Waals surface area contributed by atoms with Gasteiger partial charge in [-0.05, 0) is 25.5 Å².